The Morgan fingerprint density at radius 2 is 1.96 bits per heavy atom. The lowest BCUT2D eigenvalue weighted by molar-refractivity contribution is 0.0600. The Hall–Kier alpha value is -2.25. The number of anilines is 1. The predicted molar refractivity (Wildman–Crippen MR) is 86.4 cm³/mol. The molecule has 8 heteroatoms. The fraction of sp³-hybridized carbons (Fsp3) is 0.133. The second kappa shape index (κ2) is 6.47. The van der Waals surface area contributed by atoms with Crippen molar-refractivity contribution in [2.24, 2.45) is 0 Å². The number of halogens is 1. The number of sulfonamides is 1. The van der Waals surface area contributed by atoms with Crippen LogP contribution in [-0.2, 0) is 14.8 Å². The van der Waals surface area contributed by atoms with Crippen molar-refractivity contribution in [2.45, 2.75) is 11.8 Å². The second-order valence-electron chi connectivity index (χ2n) is 4.71. The van der Waals surface area contributed by atoms with Crippen molar-refractivity contribution in [1.82, 2.24) is 0 Å². The molecule has 0 amide bonds. The Kier molecular flexibility index (Phi) is 4.82. The van der Waals surface area contributed by atoms with Gasteiger partial charge in [0.15, 0.2) is 5.75 Å². The van der Waals surface area contributed by atoms with Gasteiger partial charge in [-0.05, 0) is 36.8 Å². The molecule has 0 aromatic heterocycles. The molecule has 2 aromatic rings. The predicted octanol–water partition coefficient (Wildman–Crippen LogP) is 2.94. The van der Waals surface area contributed by atoms with Crippen LogP contribution in [0, 0.1) is 6.92 Å². The van der Waals surface area contributed by atoms with Crippen LogP contribution in [0.1, 0.15) is 15.9 Å². The average Bonchev–Trinajstić information content (AvgIpc) is 2.51. The summed E-state index contributed by atoms with van der Waals surface area (Å²) in [6.45, 7) is 1.68. The first-order chi connectivity index (χ1) is 10.8. The number of carbonyl (C=O) groups excluding carboxylic acids is 1. The standard InChI is InChI=1S/C15H14ClNO5S/c1-9-6-7-10(15(19)22-2)8-12(9)17-23(20,21)13-5-3-4-11(16)14(13)18/h3-8,17-18H,1-2H3. The minimum Gasteiger partial charge on any atom is -0.505 e. The SMILES string of the molecule is COC(=O)c1ccc(C)c(NS(=O)(=O)c2cccc(Cl)c2O)c1. The highest BCUT2D eigenvalue weighted by molar-refractivity contribution is 7.92. The molecule has 0 spiro atoms. The summed E-state index contributed by atoms with van der Waals surface area (Å²) in [5, 5.41) is 9.76. The number of esters is 1. The van der Waals surface area contributed by atoms with Gasteiger partial charge in [-0.25, -0.2) is 13.2 Å². The molecule has 6 nitrogen and oxygen atoms in total. The molecule has 0 heterocycles. The number of aromatic hydroxyl groups is 1. The van der Waals surface area contributed by atoms with Gasteiger partial charge < -0.3 is 9.84 Å². The lowest BCUT2D eigenvalue weighted by Gasteiger charge is -2.13. The third-order valence-electron chi connectivity index (χ3n) is 3.14. The number of rotatable bonds is 4. The Bertz CT molecular complexity index is 864. The molecule has 2 aromatic carbocycles. The van der Waals surface area contributed by atoms with Crippen LogP contribution >= 0.6 is 11.6 Å². The highest BCUT2D eigenvalue weighted by Crippen LogP contribution is 2.32. The summed E-state index contributed by atoms with van der Waals surface area (Å²) in [6, 6.07) is 8.48. The molecular weight excluding hydrogens is 342 g/mol. The summed E-state index contributed by atoms with van der Waals surface area (Å²) in [7, 11) is -2.84. The number of phenols is 1. The highest BCUT2D eigenvalue weighted by atomic mass is 35.5. The van der Waals surface area contributed by atoms with Crippen molar-refractivity contribution < 1.29 is 23.1 Å². The van der Waals surface area contributed by atoms with Crippen molar-refractivity contribution in [3.63, 3.8) is 0 Å². The molecule has 2 N–H and O–H groups in total. The average molecular weight is 356 g/mol. The normalized spacial score (nSPS) is 11.1. The van der Waals surface area contributed by atoms with E-state index < -0.39 is 21.7 Å². The molecule has 0 saturated carbocycles. The van der Waals surface area contributed by atoms with Gasteiger partial charge in [0.1, 0.15) is 4.90 Å². The van der Waals surface area contributed by atoms with E-state index in [4.69, 9.17) is 11.6 Å². The van der Waals surface area contributed by atoms with Crippen LogP contribution in [-0.4, -0.2) is 26.6 Å². The van der Waals surface area contributed by atoms with E-state index in [0.29, 0.717) is 5.56 Å². The van der Waals surface area contributed by atoms with E-state index in [-0.39, 0.29) is 21.2 Å². The van der Waals surface area contributed by atoms with Crippen LogP contribution in [0.15, 0.2) is 41.3 Å². The van der Waals surface area contributed by atoms with E-state index in [2.05, 4.69) is 9.46 Å². The molecule has 0 unspecified atom stereocenters. The van der Waals surface area contributed by atoms with Crippen LogP contribution in [0.5, 0.6) is 5.75 Å². The number of benzene rings is 2. The molecule has 0 atom stereocenters. The molecule has 23 heavy (non-hydrogen) atoms. The van der Waals surface area contributed by atoms with Crippen molar-refractivity contribution in [1.29, 1.82) is 0 Å². The molecule has 0 fully saturated rings. The quantitative estimate of drug-likeness (QED) is 0.822. The number of carbonyl (C=O) groups is 1. The fourth-order valence-corrected chi connectivity index (χ4v) is 3.36. The molecule has 122 valence electrons. The smallest absolute Gasteiger partial charge is 0.337 e. The number of hydrogen-bond donors (Lipinski definition) is 2. The molecule has 0 aliphatic heterocycles. The van der Waals surface area contributed by atoms with Gasteiger partial charge in [-0.2, -0.15) is 0 Å². The summed E-state index contributed by atoms with van der Waals surface area (Å²) < 4.78 is 31.8. The molecular formula is C15H14ClNO5S. The first-order valence-corrected chi connectivity index (χ1v) is 8.31. The van der Waals surface area contributed by atoms with Crippen LogP contribution < -0.4 is 4.72 Å². The van der Waals surface area contributed by atoms with Gasteiger partial charge in [0.2, 0.25) is 0 Å². The largest absolute Gasteiger partial charge is 0.505 e. The summed E-state index contributed by atoms with van der Waals surface area (Å²) in [5.74, 6) is -1.13. The zero-order chi connectivity index (χ0) is 17.2. The van der Waals surface area contributed by atoms with E-state index >= 15 is 0 Å². The monoisotopic (exact) mass is 355 g/mol. The first-order valence-electron chi connectivity index (χ1n) is 6.45. The van der Waals surface area contributed by atoms with E-state index in [1.807, 2.05) is 0 Å². The zero-order valence-corrected chi connectivity index (χ0v) is 13.9. The molecule has 0 aliphatic carbocycles. The minimum atomic E-state index is -4.07. The number of ether oxygens (including phenoxy) is 1. The van der Waals surface area contributed by atoms with Crippen LogP contribution in [0.3, 0.4) is 0 Å². The number of aryl methyl sites for hydroxylation is 1. The molecule has 0 saturated heterocycles. The van der Waals surface area contributed by atoms with Crippen LogP contribution in [0.2, 0.25) is 5.02 Å². The molecule has 2 rings (SSSR count). The maximum atomic E-state index is 12.4. The number of phenolic OH excluding ortho intramolecular Hbond substituents is 1. The second-order valence-corrected chi connectivity index (χ2v) is 6.77. The number of methoxy groups -OCH3 is 1. The topological polar surface area (TPSA) is 92.7 Å². The summed E-state index contributed by atoms with van der Waals surface area (Å²) in [4.78, 5) is 11.2. The van der Waals surface area contributed by atoms with Gasteiger partial charge in [-0.1, -0.05) is 23.7 Å². The maximum absolute atomic E-state index is 12.4. The van der Waals surface area contributed by atoms with E-state index in [1.54, 1.807) is 13.0 Å². The summed E-state index contributed by atoms with van der Waals surface area (Å²) in [6.07, 6.45) is 0. The molecule has 0 aliphatic rings. The zero-order valence-electron chi connectivity index (χ0n) is 12.3. The third-order valence-corrected chi connectivity index (χ3v) is 4.84. The lowest BCUT2D eigenvalue weighted by Crippen LogP contribution is -2.15. The number of para-hydroxylation sites is 1. The van der Waals surface area contributed by atoms with Crippen LogP contribution in [0.25, 0.3) is 0 Å². The summed E-state index contributed by atoms with van der Waals surface area (Å²) in [5.41, 5.74) is 1.00. The van der Waals surface area contributed by atoms with Gasteiger partial charge in [0, 0.05) is 0 Å². The van der Waals surface area contributed by atoms with Gasteiger partial charge in [-0.3, -0.25) is 4.72 Å². The van der Waals surface area contributed by atoms with Crippen molar-refractivity contribution >= 4 is 33.3 Å². The minimum absolute atomic E-state index is 0.0760. The summed E-state index contributed by atoms with van der Waals surface area (Å²) >= 11 is 5.74. The maximum Gasteiger partial charge on any atom is 0.337 e. The fourth-order valence-electron chi connectivity index (χ4n) is 1.89. The molecule has 0 bridgehead atoms. The molecule has 0 radical (unpaired) electrons. The number of hydrogen-bond acceptors (Lipinski definition) is 5. The van der Waals surface area contributed by atoms with Gasteiger partial charge in [-0.15, -0.1) is 0 Å². The van der Waals surface area contributed by atoms with Crippen molar-refractivity contribution in [2.75, 3.05) is 11.8 Å². The third kappa shape index (κ3) is 3.57. The van der Waals surface area contributed by atoms with Gasteiger partial charge in [0.25, 0.3) is 10.0 Å². The van der Waals surface area contributed by atoms with E-state index in [9.17, 15) is 18.3 Å². The van der Waals surface area contributed by atoms with Crippen molar-refractivity contribution in [3.8, 4) is 5.75 Å². The lowest BCUT2D eigenvalue weighted by atomic mass is 10.1. The Morgan fingerprint density at radius 3 is 2.61 bits per heavy atom. The number of nitrogens with one attached hydrogen (secondary N) is 1. The Morgan fingerprint density at radius 1 is 1.26 bits per heavy atom. The first kappa shape index (κ1) is 17.1. The van der Waals surface area contributed by atoms with E-state index in [0.717, 1.165) is 0 Å². The van der Waals surface area contributed by atoms with Gasteiger partial charge in [0.05, 0.1) is 23.4 Å². The Labute approximate surface area is 138 Å². The van der Waals surface area contributed by atoms with Crippen LogP contribution in [0.4, 0.5) is 5.69 Å². The van der Waals surface area contributed by atoms with Crippen molar-refractivity contribution in [3.05, 3.63) is 52.5 Å². The Balaban J connectivity index is 2.45. The van der Waals surface area contributed by atoms with Gasteiger partial charge >= 0.3 is 5.97 Å². The van der Waals surface area contributed by atoms with E-state index in [1.165, 1.54) is 37.4 Å². The highest BCUT2D eigenvalue weighted by Gasteiger charge is 2.21.